The molecule has 1 nitrogen and oxygen atoms in total. The molecule has 100 valence electrons. The van der Waals surface area contributed by atoms with Gasteiger partial charge in [0.15, 0.2) is 5.78 Å². The van der Waals surface area contributed by atoms with Crippen LogP contribution in [0.1, 0.15) is 15.9 Å². The van der Waals surface area contributed by atoms with Crippen molar-refractivity contribution in [2.75, 3.05) is 0 Å². The van der Waals surface area contributed by atoms with E-state index in [2.05, 4.69) is 15.9 Å². The van der Waals surface area contributed by atoms with Crippen LogP contribution in [0.15, 0.2) is 46.3 Å². The van der Waals surface area contributed by atoms with E-state index in [1.165, 1.54) is 17.4 Å². The van der Waals surface area contributed by atoms with Crippen LogP contribution in [0.2, 0.25) is 0 Å². The Morgan fingerprint density at radius 3 is 2.65 bits per heavy atom. The zero-order valence-electron chi connectivity index (χ0n) is 9.99. The fourth-order valence-electron chi connectivity index (χ4n) is 2.02. The maximum Gasteiger partial charge on any atom is 0.197 e. The van der Waals surface area contributed by atoms with E-state index >= 15 is 0 Å². The molecular formula is C15H7BrF2OS. The summed E-state index contributed by atoms with van der Waals surface area (Å²) in [5.74, 6) is -1.98. The Morgan fingerprint density at radius 1 is 1.10 bits per heavy atom. The summed E-state index contributed by atoms with van der Waals surface area (Å²) in [6, 6.07) is 8.49. The summed E-state index contributed by atoms with van der Waals surface area (Å²) >= 11 is 4.82. The van der Waals surface area contributed by atoms with Gasteiger partial charge in [-0.15, -0.1) is 11.3 Å². The maximum atomic E-state index is 13.7. The van der Waals surface area contributed by atoms with Crippen molar-refractivity contribution < 1.29 is 13.6 Å². The topological polar surface area (TPSA) is 17.1 Å². The molecular weight excluding hydrogens is 346 g/mol. The molecule has 1 heterocycles. The third-order valence-electron chi connectivity index (χ3n) is 2.97. The molecule has 0 aliphatic rings. The average Bonchev–Trinajstić information content (AvgIpc) is 2.83. The molecule has 0 unspecified atom stereocenters. The van der Waals surface area contributed by atoms with Crippen molar-refractivity contribution in [1.29, 1.82) is 0 Å². The largest absolute Gasteiger partial charge is 0.288 e. The van der Waals surface area contributed by atoms with Crippen LogP contribution in [0.3, 0.4) is 0 Å². The van der Waals surface area contributed by atoms with Gasteiger partial charge in [0.05, 0.1) is 5.56 Å². The Labute approximate surface area is 126 Å². The Balaban J connectivity index is 2.16. The number of fused-ring (bicyclic) bond motifs is 1. The van der Waals surface area contributed by atoms with Crippen molar-refractivity contribution in [3.05, 3.63) is 69.0 Å². The molecule has 0 bridgehead atoms. The Morgan fingerprint density at radius 2 is 1.90 bits per heavy atom. The van der Waals surface area contributed by atoms with Crippen LogP contribution in [0.4, 0.5) is 8.78 Å². The quantitative estimate of drug-likeness (QED) is 0.581. The van der Waals surface area contributed by atoms with E-state index in [9.17, 15) is 13.6 Å². The van der Waals surface area contributed by atoms with Crippen molar-refractivity contribution in [2.24, 2.45) is 0 Å². The smallest absolute Gasteiger partial charge is 0.197 e. The molecule has 0 N–H and O–H groups in total. The van der Waals surface area contributed by atoms with Crippen LogP contribution in [0.25, 0.3) is 10.1 Å². The molecule has 3 rings (SSSR count). The molecule has 0 radical (unpaired) electrons. The van der Waals surface area contributed by atoms with E-state index in [-0.39, 0.29) is 5.56 Å². The van der Waals surface area contributed by atoms with E-state index in [0.29, 0.717) is 5.56 Å². The zero-order chi connectivity index (χ0) is 14.3. The van der Waals surface area contributed by atoms with Gasteiger partial charge in [-0.2, -0.15) is 0 Å². The number of ketones is 1. The molecule has 1 aromatic heterocycles. The number of rotatable bonds is 2. The van der Waals surface area contributed by atoms with Crippen molar-refractivity contribution in [3.8, 4) is 0 Å². The fourth-order valence-corrected chi connectivity index (χ4v) is 3.62. The van der Waals surface area contributed by atoms with Crippen LogP contribution >= 0.6 is 27.3 Å². The first-order valence-corrected chi connectivity index (χ1v) is 7.40. The van der Waals surface area contributed by atoms with Crippen molar-refractivity contribution in [1.82, 2.24) is 0 Å². The summed E-state index contributed by atoms with van der Waals surface area (Å²) in [5, 5.41) is 2.46. The average molecular weight is 353 g/mol. The summed E-state index contributed by atoms with van der Waals surface area (Å²) < 4.78 is 28.4. The van der Waals surface area contributed by atoms with Gasteiger partial charge >= 0.3 is 0 Å². The SMILES string of the molecule is O=C(c1ccc(F)cc1F)c1csc2c(Br)cccc12. The molecule has 5 heteroatoms. The minimum absolute atomic E-state index is 0.119. The Hall–Kier alpha value is -1.59. The number of carbonyl (C=O) groups is 1. The molecule has 0 amide bonds. The summed E-state index contributed by atoms with van der Waals surface area (Å²) in [5.41, 5.74) is 0.308. The lowest BCUT2D eigenvalue weighted by Gasteiger charge is -2.02. The first-order chi connectivity index (χ1) is 9.58. The lowest BCUT2D eigenvalue weighted by atomic mass is 10.0. The standard InChI is InChI=1S/C15H7BrF2OS/c16-12-3-1-2-9-11(7-20-15(9)12)14(19)10-5-4-8(17)6-13(10)18/h1-7H. The molecule has 0 spiro atoms. The maximum absolute atomic E-state index is 13.7. The van der Waals surface area contributed by atoms with E-state index in [4.69, 9.17) is 0 Å². The number of thiophene rings is 1. The van der Waals surface area contributed by atoms with Crippen LogP contribution in [-0.2, 0) is 0 Å². The number of hydrogen-bond donors (Lipinski definition) is 0. The highest BCUT2D eigenvalue weighted by atomic mass is 79.9. The van der Waals surface area contributed by atoms with Crippen molar-refractivity contribution >= 4 is 43.1 Å². The highest BCUT2D eigenvalue weighted by Gasteiger charge is 2.18. The number of benzene rings is 2. The number of hydrogen-bond acceptors (Lipinski definition) is 2. The van der Waals surface area contributed by atoms with E-state index < -0.39 is 17.4 Å². The fraction of sp³-hybridized carbons (Fsp3) is 0. The Kier molecular flexibility index (Phi) is 3.40. The van der Waals surface area contributed by atoms with E-state index in [1.807, 2.05) is 18.2 Å². The molecule has 0 saturated carbocycles. The van der Waals surface area contributed by atoms with E-state index in [1.54, 1.807) is 5.38 Å². The third-order valence-corrected chi connectivity index (χ3v) is 4.92. The minimum atomic E-state index is -0.843. The van der Waals surface area contributed by atoms with Crippen LogP contribution in [-0.4, -0.2) is 5.78 Å². The molecule has 0 aliphatic carbocycles. The lowest BCUT2D eigenvalue weighted by molar-refractivity contribution is 0.103. The summed E-state index contributed by atoms with van der Waals surface area (Å²) in [6.45, 7) is 0. The van der Waals surface area contributed by atoms with Gasteiger partial charge in [0.2, 0.25) is 0 Å². The summed E-state index contributed by atoms with van der Waals surface area (Å²) in [6.07, 6.45) is 0. The first-order valence-electron chi connectivity index (χ1n) is 5.73. The van der Waals surface area contributed by atoms with Gasteiger partial charge in [0.1, 0.15) is 11.6 Å². The molecule has 0 saturated heterocycles. The Bertz CT molecular complexity index is 826. The van der Waals surface area contributed by atoms with E-state index in [0.717, 1.165) is 26.7 Å². The summed E-state index contributed by atoms with van der Waals surface area (Å²) in [4.78, 5) is 12.4. The van der Waals surface area contributed by atoms with Crippen LogP contribution in [0, 0.1) is 11.6 Å². The van der Waals surface area contributed by atoms with Gasteiger partial charge < -0.3 is 0 Å². The molecule has 0 fully saturated rings. The predicted octanol–water partition coefficient (Wildman–Crippen LogP) is 5.17. The second-order valence-electron chi connectivity index (χ2n) is 4.22. The van der Waals surface area contributed by atoms with Crippen molar-refractivity contribution in [3.63, 3.8) is 0 Å². The zero-order valence-corrected chi connectivity index (χ0v) is 12.4. The highest BCUT2D eigenvalue weighted by molar-refractivity contribution is 9.10. The second-order valence-corrected chi connectivity index (χ2v) is 5.95. The van der Waals surface area contributed by atoms with Crippen LogP contribution < -0.4 is 0 Å². The van der Waals surface area contributed by atoms with Gasteiger partial charge in [0.25, 0.3) is 0 Å². The minimum Gasteiger partial charge on any atom is -0.288 e. The third kappa shape index (κ3) is 2.17. The molecule has 2 aromatic carbocycles. The lowest BCUT2D eigenvalue weighted by Crippen LogP contribution is -2.03. The highest BCUT2D eigenvalue weighted by Crippen LogP contribution is 2.33. The second kappa shape index (κ2) is 5.07. The van der Waals surface area contributed by atoms with Crippen LogP contribution in [0.5, 0.6) is 0 Å². The van der Waals surface area contributed by atoms with Crippen molar-refractivity contribution in [2.45, 2.75) is 0 Å². The summed E-state index contributed by atoms with van der Waals surface area (Å²) in [7, 11) is 0. The normalized spacial score (nSPS) is 10.9. The first kappa shape index (κ1) is 13.4. The monoisotopic (exact) mass is 352 g/mol. The number of carbonyl (C=O) groups excluding carboxylic acids is 1. The molecule has 0 aliphatic heterocycles. The molecule has 20 heavy (non-hydrogen) atoms. The molecule has 3 aromatic rings. The number of halogens is 3. The molecule has 0 atom stereocenters. The van der Waals surface area contributed by atoms with Gasteiger partial charge in [-0.3, -0.25) is 4.79 Å². The predicted molar refractivity (Wildman–Crippen MR) is 79.3 cm³/mol. The van der Waals surface area contributed by atoms with Gasteiger partial charge in [-0.25, -0.2) is 8.78 Å². The van der Waals surface area contributed by atoms with Gasteiger partial charge in [0, 0.05) is 31.6 Å². The van der Waals surface area contributed by atoms with Gasteiger partial charge in [-0.05, 0) is 34.1 Å². The van der Waals surface area contributed by atoms with Gasteiger partial charge in [-0.1, -0.05) is 12.1 Å².